The largest absolute Gasteiger partial charge is 0.374 e. The number of nitrogens with zero attached hydrogens (tertiary/aromatic N) is 2. The summed E-state index contributed by atoms with van der Waals surface area (Å²) in [6.45, 7) is 7.70. The van der Waals surface area contributed by atoms with E-state index in [1.165, 1.54) is 0 Å². The van der Waals surface area contributed by atoms with Crippen LogP contribution in [0.15, 0.2) is 0 Å². The minimum Gasteiger partial charge on any atom is -0.374 e. The monoisotopic (exact) mass is 226 g/mol. The lowest BCUT2D eigenvalue weighted by Crippen LogP contribution is -2.49. The molecular formula is C12H22N2O2. The molecule has 2 heterocycles. The van der Waals surface area contributed by atoms with Crippen molar-refractivity contribution in [2.45, 2.75) is 19.4 Å². The van der Waals surface area contributed by atoms with E-state index in [0.29, 0.717) is 18.3 Å². The summed E-state index contributed by atoms with van der Waals surface area (Å²) in [5, 5.41) is 0. The van der Waals surface area contributed by atoms with Crippen molar-refractivity contribution in [1.29, 1.82) is 0 Å². The third kappa shape index (κ3) is 3.03. The number of ether oxygens (including phenoxy) is 1. The van der Waals surface area contributed by atoms with E-state index >= 15 is 0 Å². The number of hydrogen-bond acceptors (Lipinski definition) is 4. The first kappa shape index (κ1) is 12.0. The Bertz CT molecular complexity index is 257. The van der Waals surface area contributed by atoms with E-state index in [9.17, 15) is 4.79 Å². The van der Waals surface area contributed by atoms with Gasteiger partial charge in [-0.25, -0.2) is 0 Å². The van der Waals surface area contributed by atoms with Crippen LogP contribution in [0.4, 0.5) is 0 Å². The van der Waals surface area contributed by atoms with Crippen molar-refractivity contribution in [2.75, 3.05) is 46.4 Å². The molecule has 4 nitrogen and oxygen atoms in total. The molecular weight excluding hydrogens is 204 g/mol. The maximum atomic E-state index is 11.4. The number of morpholine rings is 1. The quantitative estimate of drug-likeness (QED) is 0.675. The van der Waals surface area contributed by atoms with Crippen molar-refractivity contribution in [3.05, 3.63) is 0 Å². The van der Waals surface area contributed by atoms with Crippen LogP contribution in [-0.2, 0) is 9.53 Å². The van der Waals surface area contributed by atoms with Gasteiger partial charge in [-0.3, -0.25) is 9.69 Å². The molecule has 0 aromatic carbocycles. The second-order valence-corrected chi connectivity index (χ2v) is 5.13. The molecule has 2 aliphatic heterocycles. The third-order valence-electron chi connectivity index (χ3n) is 3.56. The van der Waals surface area contributed by atoms with Gasteiger partial charge in [0.25, 0.3) is 0 Å². The summed E-state index contributed by atoms with van der Waals surface area (Å²) in [5.41, 5.74) is 0. The number of rotatable bonds is 2. The highest BCUT2D eigenvalue weighted by atomic mass is 16.5. The van der Waals surface area contributed by atoms with E-state index in [-0.39, 0.29) is 5.92 Å². The van der Waals surface area contributed by atoms with Crippen LogP contribution in [0.25, 0.3) is 0 Å². The van der Waals surface area contributed by atoms with E-state index in [1.807, 2.05) is 6.92 Å². The average molecular weight is 226 g/mol. The molecule has 2 rings (SSSR count). The van der Waals surface area contributed by atoms with E-state index in [2.05, 4.69) is 16.8 Å². The Morgan fingerprint density at radius 2 is 2.19 bits per heavy atom. The number of likely N-dealkylation sites (N-methyl/N-ethyl adjacent to an activating group) is 1. The van der Waals surface area contributed by atoms with Crippen LogP contribution >= 0.6 is 0 Å². The molecule has 2 fully saturated rings. The van der Waals surface area contributed by atoms with Crippen LogP contribution in [0.5, 0.6) is 0 Å². The first-order chi connectivity index (χ1) is 7.65. The van der Waals surface area contributed by atoms with Crippen molar-refractivity contribution in [3.8, 4) is 0 Å². The van der Waals surface area contributed by atoms with Gasteiger partial charge in [0, 0.05) is 45.1 Å². The van der Waals surface area contributed by atoms with Gasteiger partial charge in [-0.05, 0) is 7.05 Å². The van der Waals surface area contributed by atoms with Gasteiger partial charge in [0.1, 0.15) is 5.78 Å². The summed E-state index contributed by atoms with van der Waals surface area (Å²) in [4.78, 5) is 16.1. The number of piperidine rings is 1. The normalized spacial score (nSPS) is 34.2. The Morgan fingerprint density at radius 1 is 1.38 bits per heavy atom. The van der Waals surface area contributed by atoms with E-state index in [0.717, 1.165) is 39.3 Å². The zero-order chi connectivity index (χ0) is 11.5. The molecule has 16 heavy (non-hydrogen) atoms. The van der Waals surface area contributed by atoms with Crippen LogP contribution in [0.2, 0.25) is 0 Å². The van der Waals surface area contributed by atoms with E-state index < -0.39 is 0 Å². The minimum absolute atomic E-state index is 0.204. The van der Waals surface area contributed by atoms with Crippen molar-refractivity contribution in [2.24, 2.45) is 5.92 Å². The Labute approximate surface area is 97.5 Å². The highest BCUT2D eigenvalue weighted by molar-refractivity contribution is 5.81. The van der Waals surface area contributed by atoms with Crippen LogP contribution in [0.1, 0.15) is 13.3 Å². The molecule has 92 valence electrons. The van der Waals surface area contributed by atoms with Gasteiger partial charge in [-0.15, -0.1) is 0 Å². The molecule has 4 heteroatoms. The second-order valence-electron chi connectivity index (χ2n) is 5.13. The Kier molecular flexibility index (Phi) is 3.95. The Balaban J connectivity index is 1.78. The maximum Gasteiger partial charge on any atom is 0.138 e. The van der Waals surface area contributed by atoms with Crippen molar-refractivity contribution >= 4 is 5.78 Å². The van der Waals surface area contributed by atoms with Gasteiger partial charge in [-0.2, -0.15) is 0 Å². The fourth-order valence-corrected chi connectivity index (χ4v) is 2.53. The first-order valence-corrected chi connectivity index (χ1v) is 6.20. The number of ketones is 1. The highest BCUT2D eigenvalue weighted by Gasteiger charge is 2.26. The van der Waals surface area contributed by atoms with Crippen LogP contribution in [0.3, 0.4) is 0 Å². The number of hydrogen-bond donors (Lipinski definition) is 0. The lowest BCUT2D eigenvalue weighted by molar-refractivity contribution is -0.126. The zero-order valence-electron chi connectivity index (χ0n) is 10.3. The van der Waals surface area contributed by atoms with Gasteiger partial charge in [-0.1, -0.05) is 6.92 Å². The molecule has 0 aromatic rings. The predicted molar refractivity (Wildman–Crippen MR) is 62.5 cm³/mol. The summed E-state index contributed by atoms with van der Waals surface area (Å²) >= 11 is 0. The number of likely N-dealkylation sites (tertiary alicyclic amines) is 1. The predicted octanol–water partition coefficient (Wildman–Crippen LogP) is 0.228. The number of carbonyl (C=O) groups is 1. The molecule has 0 N–H and O–H groups in total. The molecule has 2 atom stereocenters. The Hall–Kier alpha value is -0.450. The average Bonchev–Trinajstić information content (AvgIpc) is 2.24. The molecule has 0 amide bonds. The molecule has 0 radical (unpaired) electrons. The van der Waals surface area contributed by atoms with Gasteiger partial charge in [0.2, 0.25) is 0 Å². The van der Waals surface area contributed by atoms with Gasteiger partial charge >= 0.3 is 0 Å². The third-order valence-corrected chi connectivity index (χ3v) is 3.56. The highest BCUT2D eigenvalue weighted by Crippen LogP contribution is 2.14. The van der Waals surface area contributed by atoms with Crippen molar-refractivity contribution in [1.82, 2.24) is 9.80 Å². The van der Waals surface area contributed by atoms with Crippen molar-refractivity contribution in [3.63, 3.8) is 0 Å². The molecule has 2 unspecified atom stereocenters. The molecule has 0 aromatic heterocycles. The summed E-state index contributed by atoms with van der Waals surface area (Å²) in [6.07, 6.45) is 1.03. The van der Waals surface area contributed by atoms with Crippen LogP contribution in [-0.4, -0.2) is 68.1 Å². The smallest absolute Gasteiger partial charge is 0.138 e. The lowest BCUT2D eigenvalue weighted by Gasteiger charge is -2.36. The molecule has 2 saturated heterocycles. The molecule has 0 saturated carbocycles. The fourth-order valence-electron chi connectivity index (χ4n) is 2.53. The topological polar surface area (TPSA) is 32.8 Å². The first-order valence-electron chi connectivity index (χ1n) is 6.20. The van der Waals surface area contributed by atoms with E-state index in [4.69, 9.17) is 4.74 Å². The van der Waals surface area contributed by atoms with Gasteiger partial charge in [0.05, 0.1) is 12.7 Å². The van der Waals surface area contributed by atoms with Crippen LogP contribution in [0, 0.1) is 5.92 Å². The molecule has 0 bridgehead atoms. The zero-order valence-corrected chi connectivity index (χ0v) is 10.3. The Morgan fingerprint density at radius 3 is 2.88 bits per heavy atom. The number of carbonyl (C=O) groups excluding carboxylic acids is 1. The fraction of sp³-hybridized carbons (Fsp3) is 0.917. The second kappa shape index (κ2) is 5.25. The maximum absolute atomic E-state index is 11.4. The lowest BCUT2D eigenvalue weighted by atomic mass is 9.98. The van der Waals surface area contributed by atoms with Gasteiger partial charge < -0.3 is 9.64 Å². The van der Waals surface area contributed by atoms with Gasteiger partial charge in [0.15, 0.2) is 0 Å². The molecule has 2 aliphatic rings. The van der Waals surface area contributed by atoms with Crippen LogP contribution < -0.4 is 0 Å². The minimum atomic E-state index is 0.204. The summed E-state index contributed by atoms with van der Waals surface area (Å²) in [7, 11) is 2.14. The molecule has 0 aliphatic carbocycles. The summed E-state index contributed by atoms with van der Waals surface area (Å²) in [5.74, 6) is 0.619. The molecule has 0 spiro atoms. The van der Waals surface area contributed by atoms with Crippen molar-refractivity contribution < 1.29 is 9.53 Å². The number of Topliss-reactive ketones (excluding diaryl/α,β-unsaturated/α-hetero) is 1. The summed E-state index contributed by atoms with van der Waals surface area (Å²) < 4.78 is 5.74. The standard InChI is InChI=1S/C12H22N2O2/c1-10-7-14(4-3-12(10)15)9-11-8-13(2)5-6-16-11/h10-11H,3-9H2,1-2H3. The van der Waals surface area contributed by atoms with E-state index in [1.54, 1.807) is 0 Å². The SMILES string of the molecule is CC1CN(CC2CN(C)CCO2)CCC1=O. The summed E-state index contributed by atoms with van der Waals surface area (Å²) in [6, 6.07) is 0.